The van der Waals surface area contributed by atoms with Gasteiger partial charge in [-0.05, 0) is 240 Å². The summed E-state index contributed by atoms with van der Waals surface area (Å²) in [5, 5.41) is 0. The number of benzene rings is 6. The summed E-state index contributed by atoms with van der Waals surface area (Å²) >= 11 is 3.47. The number of aromatic nitrogens is 6. The first-order chi connectivity index (χ1) is 58.8. The molecule has 0 atom stereocenters. The molecule has 0 saturated carbocycles. The van der Waals surface area contributed by atoms with Crippen molar-refractivity contribution >= 4 is 42.5 Å². The fraction of sp³-hybridized carbons (Fsp3) is 0.389. The summed E-state index contributed by atoms with van der Waals surface area (Å²) in [5.41, 5.74) is 15.0. The molecule has 0 aliphatic carbocycles. The Morgan fingerprint density at radius 3 is 0.810 bits per heavy atom. The van der Waals surface area contributed by atoms with Crippen LogP contribution in [0.4, 0.5) is 0 Å². The van der Waals surface area contributed by atoms with Crippen LogP contribution in [-0.4, -0.2) is 84.6 Å². The molecule has 0 unspecified atom stereocenters. The normalized spacial score (nSPS) is 14.9. The van der Waals surface area contributed by atoms with Gasteiger partial charge in [-0.1, -0.05) is 150 Å². The van der Waals surface area contributed by atoms with Gasteiger partial charge in [0.05, 0.1) is 33.6 Å². The molecule has 18 heteroatoms. The van der Waals surface area contributed by atoms with Crippen LogP contribution < -0.4 is 5.46 Å². The van der Waals surface area contributed by atoms with E-state index in [4.69, 9.17) is 27.9 Å². The summed E-state index contributed by atoms with van der Waals surface area (Å²) in [5.74, 6) is 4.11. The fourth-order valence-electron chi connectivity index (χ4n) is 13.0. The van der Waals surface area contributed by atoms with Crippen LogP contribution in [0.1, 0.15) is 200 Å². The molecule has 12 aromatic rings. The largest absolute Gasteiger partial charge is 3.00 e. The number of rotatable bonds is 18. The molecule has 0 spiro atoms. The van der Waals surface area contributed by atoms with Crippen molar-refractivity contribution in [2.45, 2.75) is 238 Å². The van der Waals surface area contributed by atoms with Crippen LogP contribution in [0.2, 0.25) is 0 Å². The van der Waals surface area contributed by atoms with Gasteiger partial charge in [0, 0.05) is 49.6 Å². The monoisotopic (exact) mass is 2110 g/mol. The predicted molar refractivity (Wildman–Crippen MR) is 520 cm³/mol. The van der Waals surface area contributed by atoms with Gasteiger partial charge in [-0.2, -0.15) is 72.8 Å². The Bertz CT molecular complexity index is 4680. The van der Waals surface area contributed by atoms with Crippen molar-refractivity contribution in [2.24, 2.45) is 35.5 Å². The van der Waals surface area contributed by atoms with Crippen molar-refractivity contribution in [3.63, 3.8) is 0 Å². The van der Waals surface area contributed by atoms with Gasteiger partial charge in [0.25, 0.3) is 0 Å². The summed E-state index contributed by atoms with van der Waals surface area (Å²) in [6.45, 7) is 51.2. The van der Waals surface area contributed by atoms with Crippen LogP contribution in [0.3, 0.4) is 0 Å². The number of pyridine rings is 6. The van der Waals surface area contributed by atoms with Gasteiger partial charge < -0.3 is 47.9 Å². The molecule has 12 nitrogen and oxygen atoms in total. The Labute approximate surface area is 795 Å². The number of nitrogens with zero attached hydrogens (tertiary/aromatic N) is 6. The van der Waals surface area contributed by atoms with Crippen molar-refractivity contribution in [3.8, 4) is 45.0 Å². The van der Waals surface area contributed by atoms with E-state index in [1.54, 1.807) is 0 Å². The molecule has 0 radical (unpaired) electrons. The standard InChI is InChI=1S/C21H27BNO2.C15H15BrN.2C15H16N.C12H24B2O4.2C9H13N.2C6H5.2Ir/c1-15(2)12-16-10-11-23-19(13-16)17-8-7-9-18(14-17)22-24-20(3,4)21(5,6)25-22;1-11(2)8-12-6-7-17-15(9-12)13-4-3-5-14(16)10-13;2*1-12(2)10-13-8-9-16-15(11-13)14-6-4-3-5-7-14;1-9(2)10(3,4)16-13(15-9)14-17-11(5,6)12(7,8)18-14;2*1-8(2)7-9-3-5-10-6-4-9;2*1-2-4-6-5-3-1;;/h7,9-11,13-15H,12H2,1-6H3;3,5-7,9-11H,8H2,1-2H3;2*3-6,8-9,11-12H,10H2,1-2H3;1-8H3;2*3-6,8H,7H2,1-2H3;2*1-5H;;/q4*-1;;;;2*-1;2*+3. The summed E-state index contributed by atoms with van der Waals surface area (Å²) in [6.07, 6.45) is 21.5. The fourth-order valence-corrected chi connectivity index (χ4v) is 13.4. The zero-order valence-corrected chi connectivity index (χ0v) is 85.4. The molecule has 0 bridgehead atoms. The smallest absolute Gasteiger partial charge is 0.405 e. The van der Waals surface area contributed by atoms with E-state index in [0.29, 0.717) is 23.7 Å². The van der Waals surface area contributed by atoms with E-state index in [0.717, 1.165) is 105 Å². The van der Waals surface area contributed by atoms with Gasteiger partial charge in [0.1, 0.15) is 0 Å². The zero-order valence-electron chi connectivity index (χ0n) is 79.0. The van der Waals surface area contributed by atoms with Crippen molar-refractivity contribution in [3.05, 3.63) is 342 Å². The number of hydrogen-bond acceptors (Lipinski definition) is 12. The molecule has 6 aromatic carbocycles. The first kappa shape index (κ1) is 108. The summed E-state index contributed by atoms with van der Waals surface area (Å²) in [7, 11) is -1.32. The molecule has 3 aliphatic heterocycles. The third-order valence-electron chi connectivity index (χ3n) is 21.3. The number of halogens is 1. The molecular formula is C108H134B3BrIr2N6O6. The maximum absolute atomic E-state index is 6.16. The van der Waals surface area contributed by atoms with E-state index in [2.05, 4.69) is 272 Å². The second-order valence-corrected chi connectivity index (χ2v) is 37.9. The predicted octanol–water partition coefficient (Wildman–Crippen LogP) is 25.8. The Hall–Kier alpha value is -8.05. The molecule has 126 heavy (non-hydrogen) atoms. The molecule has 15 rings (SSSR count). The van der Waals surface area contributed by atoms with Crippen LogP contribution in [0.25, 0.3) is 45.0 Å². The quantitative estimate of drug-likeness (QED) is 0.0598. The summed E-state index contributed by atoms with van der Waals surface area (Å²) in [4.78, 5) is 25.6. The minimum atomic E-state index is -0.476. The third-order valence-corrected chi connectivity index (χ3v) is 21.8. The van der Waals surface area contributed by atoms with Gasteiger partial charge in [0.2, 0.25) is 0 Å². The Morgan fingerprint density at radius 1 is 0.278 bits per heavy atom. The van der Waals surface area contributed by atoms with Crippen LogP contribution in [-0.2, 0) is 107 Å². The summed E-state index contributed by atoms with van der Waals surface area (Å²) in [6, 6.07) is 91.0. The molecule has 3 aliphatic rings. The minimum absolute atomic E-state index is 0. The Kier molecular flexibility index (Phi) is 46.3. The van der Waals surface area contributed by atoms with E-state index in [-0.39, 0.29) is 80.9 Å². The second-order valence-electron chi connectivity index (χ2n) is 37.0. The maximum atomic E-state index is 6.16. The first-order valence-electron chi connectivity index (χ1n) is 43.9. The maximum Gasteiger partial charge on any atom is 3.00 e. The van der Waals surface area contributed by atoms with E-state index in [1.807, 2.05) is 244 Å². The van der Waals surface area contributed by atoms with Gasteiger partial charge in [0.15, 0.2) is 0 Å². The first-order valence-corrected chi connectivity index (χ1v) is 44.7. The molecule has 3 fully saturated rings. The minimum Gasteiger partial charge on any atom is -0.405 e. The Morgan fingerprint density at radius 2 is 0.540 bits per heavy atom. The van der Waals surface area contributed by atoms with Crippen LogP contribution in [0.5, 0.6) is 0 Å². The van der Waals surface area contributed by atoms with E-state index >= 15 is 0 Å². The summed E-state index contributed by atoms with van der Waals surface area (Å²) < 4.78 is 37.2. The molecule has 0 N–H and O–H groups in total. The van der Waals surface area contributed by atoms with Gasteiger partial charge in [-0.3, -0.25) is 9.97 Å². The van der Waals surface area contributed by atoms with Crippen molar-refractivity contribution in [1.29, 1.82) is 0 Å². The molecule has 9 heterocycles. The van der Waals surface area contributed by atoms with Gasteiger partial charge in [-0.25, -0.2) is 0 Å². The average Bonchev–Trinajstić information content (AvgIpc) is 1.61. The number of hydrogen-bond donors (Lipinski definition) is 0. The molecule has 0 amide bonds. The Balaban J connectivity index is 0.000000258. The van der Waals surface area contributed by atoms with E-state index < -0.39 is 14.0 Å². The third kappa shape index (κ3) is 37.9. The van der Waals surface area contributed by atoms with Gasteiger partial charge in [-0.15, -0.1) is 137 Å². The van der Waals surface area contributed by atoms with Crippen LogP contribution >= 0.6 is 15.9 Å². The second kappa shape index (κ2) is 53.8. The van der Waals surface area contributed by atoms with Crippen molar-refractivity contribution in [2.75, 3.05) is 0 Å². The van der Waals surface area contributed by atoms with Gasteiger partial charge >= 0.3 is 61.3 Å². The van der Waals surface area contributed by atoms with E-state index in [1.165, 1.54) is 33.4 Å². The molecular weight excluding hydrogens is 1970 g/mol. The van der Waals surface area contributed by atoms with Crippen molar-refractivity contribution < 1.29 is 68.1 Å². The van der Waals surface area contributed by atoms with Crippen LogP contribution in [0, 0.1) is 71.9 Å². The molecule has 6 aromatic heterocycles. The topological polar surface area (TPSA) is 133 Å². The molecule has 3 saturated heterocycles. The van der Waals surface area contributed by atoms with E-state index in [9.17, 15) is 0 Å². The SMILES string of the molecule is CC(C)Cc1ccnc(-c2[c-]ccc(B3OC(C)(C)C(C)(C)O3)c2)c1.CC(C)Cc1ccnc(-c2[c-]ccc(Br)c2)c1.CC(C)Cc1ccnc(-c2[c-]cccc2)c1.CC(C)Cc1ccnc(-c2[c-]cccc2)c1.CC(C)Cc1ccncc1.CC(C)Cc1ccncc1.CC1(C)OB(B2OC(C)(C)C(C)(C)O2)OC1(C)C.[Ir+3].[Ir+3].[c-]1ccccc1.[c-]1ccccc1. The van der Waals surface area contributed by atoms with Crippen molar-refractivity contribution in [1.82, 2.24) is 29.9 Å². The molecule has 666 valence electrons. The van der Waals surface area contributed by atoms with Crippen LogP contribution in [0.15, 0.2) is 272 Å². The average molecular weight is 2110 g/mol. The zero-order chi connectivity index (χ0) is 90.5.